The van der Waals surface area contributed by atoms with E-state index in [1.54, 1.807) is 25.1 Å². The van der Waals surface area contributed by atoms with Crippen molar-refractivity contribution < 1.29 is 33.3 Å². The molecule has 0 unspecified atom stereocenters. The quantitative estimate of drug-likeness (QED) is 0.590. The minimum absolute atomic E-state index is 0.0537. The Kier molecular flexibility index (Phi) is 7.51. The highest BCUT2D eigenvalue weighted by molar-refractivity contribution is 7.17. The average Bonchev–Trinajstić information content (AvgIpc) is 3.33. The molecular weight excluding hydrogens is 422 g/mol. The SMILES string of the molecule is CCOC(=O)c1c(NC(=O)COC(=O)Cc2ccc(OC)cc2OC)sc2c1CCC2. The third kappa shape index (κ3) is 5.35. The number of aryl methyl sites for hydroxylation is 1. The summed E-state index contributed by atoms with van der Waals surface area (Å²) in [6.45, 7) is 1.53. The van der Waals surface area contributed by atoms with E-state index >= 15 is 0 Å². The number of rotatable bonds is 9. The lowest BCUT2D eigenvalue weighted by atomic mass is 10.1. The van der Waals surface area contributed by atoms with Crippen molar-refractivity contribution in [1.29, 1.82) is 0 Å². The first kappa shape index (κ1) is 22.6. The number of nitrogens with one attached hydrogen (secondary N) is 1. The maximum atomic E-state index is 12.4. The number of hydrogen-bond acceptors (Lipinski definition) is 8. The predicted octanol–water partition coefficient (Wildman–Crippen LogP) is 3.16. The molecule has 1 aromatic heterocycles. The van der Waals surface area contributed by atoms with Gasteiger partial charge in [0.25, 0.3) is 5.91 Å². The van der Waals surface area contributed by atoms with Gasteiger partial charge in [0.05, 0.1) is 32.8 Å². The zero-order chi connectivity index (χ0) is 22.4. The Labute approximate surface area is 184 Å². The third-order valence-electron chi connectivity index (χ3n) is 4.85. The molecule has 3 rings (SSSR count). The van der Waals surface area contributed by atoms with Crippen molar-refractivity contribution in [3.05, 3.63) is 39.8 Å². The van der Waals surface area contributed by atoms with Crippen LogP contribution in [0.15, 0.2) is 18.2 Å². The van der Waals surface area contributed by atoms with Gasteiger partial charge >= 0.3 is 11.9 Å². The van der Waals surface area contributed by atoms with Gasteiger partial charge in [0.2, 0.25) is 0 Å². The average molecular weight is 448 g/mol. The molecule has 9 heteroatoms. The molecule has 1 aliphatic rings. The molecule has 1 N–H and O–H groups in total. The fourth-order valence-corrected chi connectivity index (χ4v) is 4.72. The van der Waals surface area contributed by atoms with E-state index in [9.17, 15) is 14.4 Å². The third-order valence-corrected chi connectivity index (χ3v) is 6.05. The summed E-state index contributed by atoms with van der Waals surface area (Å²) >= 11 is 1.37. The Morgan fingerprint density at radius 2 is 1.90 bits per heavy atom. The molecule has 8 nitrogen and oxygen atoms in total. The van der Waals surface area contributed by atoms with Gasteiger partial charge in [0.15, 0.2) is 6.61 Å². The number of esters is 2. The van der Waals surface area contributed by atoms with Crippen molar-refractivity contribution >= 4 is 34.2 Å². The van der Waals surface area contributed by atoms with Crippen molar-refractivity contribution in [1.82, 2.24) is 0 Å². The van der Waals surface area contributed by atoms with Crippen molar-refractivity contribution in [3.63, 3.8) is 0 Å². The molecule has 1 amide bonds. The van der Waals surface area contributed by atoms with Crippen molar-refractivity contribution in [2.45, 2.75) is 32.6 Å². The van der Waals surface area contributed by atoms with Crippen LogP contribution in [-0.2, 0) is 38.3 Å². The molecule has 0 aliphatic heterocycles. The van der Waals surface area contributed by atoms with E-state index in [0.29, 0.717) is 27.6 Å². The highest BCUT2D eigenvalue weighted by atomic mass is 32.1. The summed E-state index contributed by atoms with van der Waals surface area (Å²) in [7, 11) is 3.04. The maximum absolute atomic E-state index is 12.4. The molecule has 0 radical (unpaired) electrons. The van der Waals surface area contributed by atoms with Crippen LogP contribution in [0.4, 0.5) is 5.00 Å². The van der Waals surface area contributed by atoms with Crippen LogP contribution < -0.4 is 14.8 Å². The number of methoxy groups -OCH3 is 2. The van der Waals surface area contributed by atoms with E-state index in [4.69, 9.17) is 18.9 Å². The zero-order valence-corrected chi connectivity index (χ0v) is 18.6. The van der Waals surface area contributed by atoms with Crippen LogP contribution in [0, 0.1) is 0 Å². The van der Waals surface area contributed by atoms with Gasteiger partial charge in [-0.05, 0) is 37.8 Å². The van der Waals surface area contributed by atoms with Gasteiger partial charge in [-0.25, -0.2) is 4.79 Å². The molecule has 0 bridgehead atoms. The van der Waals surface area contributed by atoms with Crippen LogP contribution in [0.25, 0.3) is 0 Å². The lowest BCUT2D eigenvalue weighted by Crippen LogP contribution is -2.22. The lowest BCUT2D eigenvalue weighted by Gasteiger charge is -2.11. The number of benzene rings is 1. The predicted molar refractivity (Wildman–Crippen MR) is 115 cm³/mol. The minimum Gasteiger partial charge on any atom is -0.497 e. The van der Waals surface area contributed by atoms with E-state index in [1.165, 1.54) is 25.6 Å². The van der Waals surface area contributed by atoms with E-state index in [2.05, 4.69) is 5.32 Å². The van der Waals surface area contributed by atoms with Gasteiger partial charge in [-0.15, -0.1) is 11.3 Å². The Balaban J connectivity index is 1.60. The molecule has 1 aromatic carbocycles. The van der Waals surface area contributed by atoms with Gasteiger partial charge in [-0.3, -0.25) is 9.59 Å². The van der Waals surface area contributed by atoms with Gasteiger partial charge in [-0.2, -0.15) is 0 Å². The van der Waals surface area contributed by atoms with Crippen LogP contribution >= 0.6 is 11.3 Å². The van der Waals surface area contributed by atoms with Crippen LogP contribution in [0.5, 0.6) is 11.5 Å². The molecule has 1 aliphatic carbocycles. The van der Waals surface area contributed by atoms with Crippen LogP contribution in [0.1, 0.15) is 39.7 Å². The van der Waals surface area contributed by atoms with E-state index < -0.39 is 24.5 Å². The number of ether oxygens (including phenoxy) is 4. The van der Waals surface area contributed by atoms with E-state index in [0.717, 1.165) is 29.7 Å². The minimum atomic E-state index is -0.571. The summed E-state index contributed by atoms with van der Waals surface area (Å²) in [4.78, 5) is 38.0. The second-order valence-electron chi connectivity index (χ2n) is 6.85. The fraction of sp³-hybridized carbons (Fsp3) is 0.409. The Bertz CT molecular complexity index is 982. The van der Waals surface area contributed by atoms with Gasteiger partial charge in [0, 0.05) is 16.5 Å². The second-order valence-corrected chi connectivity index (χ2v) is 7.95. The van der Waals surface area contributed by atoms with Gasteiger partial charge < -0.3 is 24.3 Å². The standard InChI is InChI=1S/C22H25NO7S/c1-4-29-22(26)20-15-6-5-7-17(15)31-21(20)23-18(24)12-30-19(25)10-13-8-9-14(27-2)11-16(13)28-3/h8-9,11H,4-7,10,12H2,1-3H3,(H,23,24). The van der Waals surface area contributed by atoms with E-state index in [-0.39, 0.29) is 13.0 Å². The van der Waals surface area contributed by atoms with Crippen LogP contribution in [-0.4, -0.2) is 45.3 Å². The molecule has 0 saturated carbocycles. The molecule has 31 heavy (non-hydrogen) atoms. The monoisotopic (exact) mass is 447 g/mol. The summed E-state index contributed by atoms with van der Waals surface area (Å²) < 4.78 is 20.7. The van der Waals surface area contributed by atoms with Crippen LogP contribution in [0.2, 0.25) is 0 Å². The number of thiophene rings is 1. The lowest BCUT2D eigenvalue weighted by molar-refractivity contribution is -0.146. The smallest absolute Gasteiger partial charge is 0.341 e. The zero-order valence-electron chi connectivity index (χ0n) is 17.7. The first-order valence-electron chi connectivity index (χ1n) is 9.94. The molecule has 0 spiro atoms. The van der Waals surface area contributed by atoms with Crippen molar-refractivity contribution in [2.24, 2.45) is 0 Å². The van der Waals surface area contributed by atoms with Crippen molar-refractivity contribution in [3.8, 4) is 11.5 Å². The molecule has 0 saturated heterocycles. The topological polar surface area (TPSA) is 100 Å². The highest BCUT2D eigenvalue weighted by Crippen LogP contribution is 2.39. The summed E-state index contributed by atoms with van der Waals surface area (Å²) in [5, 5.41) is 3.14. The molecule has 2 aromatic rings. The first-order chi connectivity index (χ1) is 15.0. The fourth-order valence-electron chi connectivity index (χ4n) is 3.42. The number of hydrogen-bond donors (Lipinski definition) is 1. The van der Waals surface area contributed by atoms with Crippen LogP contribution in [0.3, 0.4) is 0 Å². The summed E-state index contributed by atoms with van der Waals surface area (Å²) in [6.07, 6.45) is 2.59. The molecular formula is C22H25NO7S. The largest absolute Gasteiger partial charge is 0.497 e. The number of anilines is 1. The highest BCUT2D eigenvalue weighted by Gasteiger charge is 2.28. The van der Waals surface area contributed by atoms with E-state index in [1.807, 2.05) is 0 Å². The molecule has 1 heterocycles. The summed E-state index contributed by atoms with van der Waals surface area (Å²) in [5.74, 6) is -0.430. The van der Waals surface area contributed by atoms with Crippen molar-refractivity contribution in [2.75, 3.05) is 32.8 Å². The second kappa shape index (κ2) is 10.3. The summed E-state index contributed by atoms with van der Waals surface area (Å²) in [6, 6.07) is 5.09. The molecule has 166 valence electrons. The first-order valence-corrected chi connectivity index (χ1v) is 10.8. The maximum Gasteiger partial charge on any atom is 0.341 e. The number of carbonyl (C=O) groups is 3. The number of carbonyl (C=O) groups excluding carboxylic acids is 3. The molecule has 0 atom stereocenters. The molecule has 0 fully saturated rings. The Morgan fingerprint density at radius 1 is 1.10 bits per heavy atom. The Morgan fingerprint density at radius 3 is 2.61 bits per heavy atom. The number of fused-ring (bicyclic) bond motifs is 1. The van der Waals surface area contributed by atoms with Gasteiger partial charge in [0.1, 0.15) is 16.5 Å². The van der Waals surface area contributed by atoms with Gasteiger partial charge in [-0.1, -0.05) is 6.07 Å². The Hall–Kier alpha value is -3.07. The summed E-state index contributed by atoms with van der Waals surface area (Å²) in [5.41, 5.74) is 1.98. The normalized spacial score (nSPS) is 12.1. The number of amides is 1.